The Kier molecular flexibility index (Phi) is 5.14. The monoisotopic (exact) mass is 347 g/mol. The van der Waals surface area contributed by atoms with Crippen LogP contribution in [0.25, 0.3) is 0 Å². The van der Waals surface area contributed by atoms with Gasteiger partial charge in [-0.2, -0.15) is 0 Å². The Morgan fingerprint density at radius 3 is 2.33 bits per heavy atom. The van der Waals surface area contributed by atoms with Crippen LogP contribution >= 0.6 is 11.8 Å². The predicted octanol–water partition coefficient (Wildman–Crippen LogP) is 3.79. The van der Waals surface area contributed by atoms with Crippen LogP contribution in [0.15, 0.2) is 41.3 Å². The number of nitrogens with one attached hydrogen (secondary N) is 1. The van der Waals surface area contributed by atoms with Crippen molar-refractivity contribution in [3.63, 3.8) is 0 Å². The largest absolute Gasteiger partial charge is 0.321 e. The maximum absolute atomic E-state index is 12.6. The van der Waals surface area contributed by atoms with Crippen LogP contribution in [0.4, 0.5) is 17.1 Å². The quantitative estimate of drug-likeness (QED) is 0.500. The molecule has 0 unspecified atom stereocenters. The molecule has 0 aliphatic rings. The van der Waals surface area contributed by atoms with Crippen LogP contribution < -0.4 is 5.32 Å². The first kappa shape index (κ1) is 17.4. The van der Waals surface area contributed by atoms with Crippen molar-refractivity contribution < 1.29 is 14.6 Å². The number of anilines is 1. The van der Waals surface area contributed by atoms with Crippen molar-refractivity contribution >= 4 is 34.7 Å². The van der Waals surface area contributed by atoms with E-state index < -0.39 is 32.7 Å². The number of nitrogens with zero attached hydrogens (tertiary/aromatic N) is 2. The van der Waals surface area contributed by atoms with Crippen molar-refractivity contribution in [2.45, 2.75) is 11.8 Å². The highest BCUT2D eigenvalue weighted by Gasteiger charge is 2.32. The average Bonchev–Trinajstić information content (AvgIpc) is 2.54. The van der Waals surface area contributed by atoms with Gasteiger partial charge in [0.05, 0.1) is 15.5 Å². The molecular formula is C15H13N3O5S. The molecule has 0 heterocycles. The van der Waals surface area contributed by atoms with E-state index in [4.69, 9.17) is 0 Å². The molecule has 24 heavy (non-hydrogen) atoms. The molecule has 0 radical (unpaired) electrons. The molecule has 0 aliphatic carbocycles. The molecular weight excluding hydrogens is 334 g/mol. The summed E-state index contributed by atoms with van der Waals surface area (Å²) in [5.74, 6) is -0.890. The van der Waals surface area contributed by atoms with E-state index in [1.165, 1.54) is 24.8 Å². The first-order valence-electron chi connectivity index (χ1n) is 6.73. The number of benzene rings is 2. The molecule has 0 spiro atoms. The fourth-order valence-electron chi connectivity index (χ4n) is 2.23. The molecule has 0 aromatic heterocycles. The Bertz CT molecular complexity index is 838. The average molecular weight is 347 g/mol. The minimum Gasteiger partial charge on any atom is -0.321 e. The number of amides is 1. The van der Waals surface area contributed by atoms with Gasteiger partial charge in [0, 0.05) is 16.5 Å². The van der Waals surface area contributed by atoms with Gasteiger partial charge in [0.25, 0.3) is 17.3 Å². The fourth-order valence-corrected chi connectivity index (χ4v) is 2.78. The zero-order chi connectivity index (χ0) is 17.9. The summed E-state index contributed by atoms with van der Waals surface area (Å²) in [6.07, 6.45) is 1.81. The molecule has 2 rings (SSSR count). The van der Waals surface area contributed by atoms with Gasteiger partial charge in [0.2, 0.25) is 0 Å². The van der Waals surface area contributed by atoms with E-state index in [2.05, 4.69) is 5.32 Å². The van der Waals surface area contributed by atoms with Crippen molar-refractivity contribution in [3.8, 4) is 0 Å². The highest BCUT2D eigenvalue weighted by molar-refractivity contribution is 7.98. The Balaban J connectivity index is 2.57. The van der Waals surface area contributed by atoms with Crippen molar-refractivity contribution in [2.24, 2.45) is 0 Å². The molecule has 0 fully saturated rings. The van der Waals surface area contributed by atoms with Crippen LogP contribution in [0.5, 0.6) is 0 Å². The maximum atomic E-state index is 12.6. The zero-order valence-electron chi connectivity index (χ0n) is 12.8. The number of rotatable bonds is 5. The second-order valence-electron chi connectivity index (χ2n) is 4.79. The Morgan fingerprint density at radius 1 is 1.08 bits per heavy atom. The Labute approximate surface area is 141 Å². The van der Waals surface area contributed by atoms with Crippen molar-refractivity contribution in [1.82, 2.24) is 0 Å². The smallest absolute Gasteiger partial charge is 0.292 e. The van der Waals surface area contributed by atoms with Gasteiger partial charge in [-0.25, -0.2) is 0 Å². The molecule has 1 N–H and O–H groups in total. The molecule has 0 saturated heterocycles. The number of para-hydroxylation sites is 1. The van der Waals surface area contributed by atoms with E-state index in [9.17, 15) is 25.0 Å². The van der Waals surface area contributed by atoms with Crippen molar-refractivity contribution in [2.75, 3.05) is 11.6 Å². The summed E-state index contributed by atoms with van der Waals surface area (Å²) in [6.45, 7) is 1.43. The third kappa shape index (κ3) is 3.35. The lowest BCUT2D eigenvalue weighted by Gasteiger charge is -2.10. The van der Waals surface area contributed by atoms with E-state index in [0.29, 0.717) is 5.69 Å². The summed E-state index contributed by atoms with van der Waals surface area (Å²) < 4.78 is 0. The summed E-state index contributed by atoms with van der Waals surface area (Å²) in [5, 5.41) is 25.0. The fraction of sp³-hybridized carbons (Fsp3) is 0.133. The Morgan fingerprint density at radius 2 is 1.75 bits per heavy atom. The van der Waals surface area contributed by atoms with Crippen LogP contribution in [0.2, 0.25) is 0 Å². The first-order valence-corrected chi connectivity index (χ1v) is 7.96. The zero-order valence-corrected chi connectivity index (χ0v) is 13.6. The van der Waals surface area contributed by atoms with E-state index in [0.717, 1.165) is 11.0 Å². The molecule has 1 amide bonds. The number of aryl methyl sites for hydroxylation is 1. The molecule has 0 aliphatic heterocycles. The summed E-state index contributed by atoms with van der Waals surface area (Å²) in [5.41, 5.74) is -1.12. The molecule has 0 saturated carbocycles. The van der Waals surface area contributed by atoms with Gasteiger partial charge in [-0.1, -0.05) is 12.1 Å². The lowest BCUT2D eigenvalue weighted by atomic mass is 10.0. The first-order chi connectivity index (χ1) is 11.4. The van der Waals surface area contributed by atoms with Crippen LogP contribution in [-0.2, 0) is 0 Å². The molecule has 124 valence electrons. The number of nitro benzene ring substituents is 2. The maximum Gasteiger partial charge on any atom is 0.292 e. The van der Waals surface area contributed by atoms with E-state index in [1.807, 2.05) is 6.26 Å². The van der Waals surface area contributed by atoms with Gasteiger partial charge in [0.1, 0.15) is 0 Å². The summed E-state index contributed by atoms with van der Waals surface area (Å²) in [7, 11) is 0. The molecule has 8 nitrogen and oxygen atoms in total. The second kappa shape index (κ2) is 7.09. The number of carbonyl (C=O) groups is 1. The standard InChI is InChI=1S/C15H13N3O5S/c1-9-7-8-11(17(20)21)13(14(9)18(22)23)15(19)16-10-5-3-4-6-12(10)24-2/h3-8H,1-2H3,(H,16,19). The number of carbonyl (C=O) groups excluding carboxylic acids is 1. The third-order valence-corrected chi connectivity index (χ3v) is 4.11. The van der Waals surface area contributed by atoms with Crippen molar-refractivity contribution in [1.29, 1.82) is 0 Å². The van der Waals surface area contributed by atoms with Crippen LogP contribution in [0, 0.1) is 27.2 Å². The minimum atomic E-state index is -0.890. The predicted molar refractivity (Wildman–Crippen MR) is 90.7 cm³/mol. The van der Waals surface area contributed by atoms with Gasteiger partial charge < -0.3 is 5.32 Å². The molecule has 2 aromatic carbocycles. The van der Waals surface area contributed by atoms with Crippen LogP contribution in [-0.4, -0.2) is 22.0 Å². The topological polar surface area (TPSA) is 115 Å². The normalized spacial score (nSPS) is 10.2. The third-order valence-electron chi connectivity index (χ3n) is 3.32. The van der Waals surface area contributed by atoms with Gasteiger partial charge in [-0.05, 0) is 31.4 Å². The van der Waals surface area contributed by atoms with Gasteiger partial charge >= 0.3 is 0 Å². The van der Waals surface area contributed by atoms with Crippen LogP contribution in [0.1, 0.15) is 15.9 Å². The molecule has 9 heteroatoms. The van der Waals surface area contributed by atoms with E-state index in [1.54, 1.807) is 24.3 Å². The highest BCUT2D eigenvalue weighted by Crippen LogP contribution is 2.33. The molecule has 0 atom stereocenters. The number of thioether (sulfide) groups is 1. The SMILES string of the molecule is CSc1ccccc1NC(=O)c1c([N+](=O)[O-])ccc(C)c1[N+](=O)[O-]. The lowest BCUT2D eigenvalue weighted by Crippen LogP contribution is -2.17. The molecule has 0 bridgehead atoms. The van der Waals surface area contributed by atoms with Gasteiger partial charge in [0.15, 0.2) is 5.56 Å². The van der Waals surface area contributed by atoms with E-state index in [-0.39, 0.29) is 5.56 Å². The summed E-state index contributed by atoms with van der Waals surface area (Å²) in [4.78, 5) is 34.2. The summed E-state index contributed by atoms with van der Waals surface area (Å²) in [6, 6.07) is 9.20. The Hall–Kier alpha value is -2.94. The number of nitro groups is 2. The van der Waals surface area contributed by atoms with Crippen LogP contribution in [0.3, 0.4) is 0 Å². The van der Waals surface area contributed by atoms with E-state index >= 15 is 0 Å². The van der Waals surface area contributed by atoms with Gasteiger partial charge in [-0.15, -0.1) is 11.8 Å². The molecule has 2 aromatic rings. The van der Waals surface area contributed by atoms with Crippen molar-refractivity contribution in [3.05, 3.63) is 67.8 Å². The van der Waals surface area contributed by atoms with Gasteiger partial charge in [-0.3, -0.25) is 25.0 Å². The highest BCUT2D eigenvalue weighted by atomic mass is 32.2. The minimum absolute atomic E-state index is 0.175. The summed E-state index contributed by atoms with van der Waals surface area (Å²) >= 11 is 1.37. The lowest BCUT2D eigenvalue weighted by molar-refractivity contribution is -0.394. The number of hydrogen-bond acceptors (Lipinski definition) is 6. The number of hydrogen-bond donors (Lipinski definition) is 1. The second-order valence-corrected chi connectivity index (χ2v) is 5.64.